The van der Waals surface area contributed by atoms with Crippen LogP contribution in [0.2, 0.25) is 0 Å². The summed E-state index contributed by atoms with van der Waals surface area (Å²) in [5, 5.41) is 11.7. The average molecular weight is 423 g/mol. The van der Waals surface area contributed by atoms with Gasteiger partial charge in [0.15, 0.2) is 0 Å². The van der Waals surface area contributed by atoms with Gasteiger partial charge in [-0.2, -0.15) is 0 Å². The van der Waals surface area contributed by atoms with Crippen molar-refractivity contribution in [3.63, 3.8) is 0 Å². The van der Waals surface area contributed by atoms with Crippen LogP contribution in [0.25, 0.3) is 6.08 Å². The third-order valence-electron chi connectivity index (χ3n) is 4.22. The largest absolute Gasteiger partial charge is 0.397 e. The number of carbonyl (C=O) groups excluding carboxylic acids is 1. The molecule has 0 bridgehead atoms. The van der Waals surface area contributed by atoms with Crippen molar-refractivity contribution in [2.75, 3.05) is 15.8 Å². The van der Waals surface area contributed by atoms with E-state index in [0.717, 1.165) is 5.56 Å². The highest BCUT2D eigenvalue weighted by molar-refractivity contribution is 7.92. The van der Waals surface area contributed by atoms with E-state index in [1.54, 1.807) is 66.7 Å². The molecule has 3 rings (SSSR count). The maximum Gasteiger partial charge on any atom is 0.261 e. The van der Waals surface area contributed by atoms with Crippen molar-refractivity contribution in [2.24, 2.45) is 0 Å². The molecule has 30 heavy (non-hydrogen) atoms. The van der Waals surface area contributed by atoms with Crippen LogP contribution in [0.3, 0.4) is 0 Å². The third-order valence-corrected chi connectivity index (χ3v) is 5.62. The zero-order valence-electron chi connectivity index (χ0n) is 15.9. The highest BCUT2D eigenvalue weighted by Gasteiger charge is 2.13. The number of rotatable bonds is 7. The van der Waals surface area contributed by atoms with Crippen molar-refractivity contribution < 1.29 is 18.3 Å². The number of aliphatic hydroxyl groups excluding tert-OH is 1. The van der Waals surface area contributed by atoms with Gasteiger partial charge in [0.25, 0.3) is 10.0 Å². The van der Waals surface area contributed by atoms with Crippen LogP contribution in [-0.2, 0) is 21.4 Å². The number of nitrogens with two attached hydrogens (primary N) is 1. The van der Waals surface area contributed by atoms with Crippen LogP contribution >= 0.6 is 0 Å². The first-order valence-corrected chi connectivity index (χ1v) is 10.5. The van der Waals surface area contributed by atoms with Gasteiger partial charge in [-0.05, 0) is 53.6 Å². The number of para-hydroxylation sites is 2. The molecule has 8 heteroatoms. The Balaban J connectivity index is 1.63. The summed E-state index contributed by atoms with van der Waals surface area (Å²) >= 11 is 0. The summed E-state index contributed by atoms with van der Waals surface area (Å²) in [6, 6.07) is 19.5. The molecule has 0 aliphatic heterocycles. The molecular weight excluding hydrogens is 402 g/mol. The van der Waals surface area contributed by atoms with E-state index in [-0.39, 0.29) is 17.4 Å². The second-order valence-electron chi connectivity index (χ2n) is 6.44. The summed E-state index contributed by atoms with van der Waals surface area (Å²) in [7, 11) is -3.74. The molecule has 3 aromatic carbocycles. The molecule has 0 saturated carbocycles. The maximum absolute atomic E-state index is 12.5. The van der Waals surface area contributed by atoms with Crippen LogP contribution in [-0.4, -0.2) is 19.4 Å². The van der Waals surface area contributed by atoms with Gasteiger partial charge in [-0.25, -0.2) is 8.42 Å². The summed E-state index contributed by atoms with van der Waals surface area (Å²) in [5.74, 6) is -0.330. The van der Waals surface area contributed by atoms with Crippen LogP contribution in [0.1, 0.15) is 11.1 Å². The quantitative estimate of drug-likeness (QED) is 0.343. The topological polar surface area (TPSA) is 122 Å². The van der Waals surface area contributed by atoms with Gasteiger partial charge < -0.3 is 16.2 Å². The molecule has 1 amide bonds. The smallest absolute Gasteiger partial charge is 0.261 e. The van der Waals surface area contributed by atoms with Gasteiger partial charge in [-0.15, -0.1) is 0 Å². The number of nitrogen functional groups attached to an aromatic ring is 1. The Morgan fingerprint density at radius 2 is 1.63 bits per heavy atom. The summed E-state index contributed by atoms with van der Waals surface area (Å²) < 4.78 is 27.4. The second kappa shape index (κ2) is 9.25. The highest BCUT2D eigenvalue weighted by Crippen LogP contribution is 2.19. The zero-order valence-corrected chi connectivity index (χ0v) is 16.8. The van der Waals surface area contributed by atoms with Crippen LogP contribution in [0.5, 0.6) is 0 Å². The van der Waals surface area contributed by atoms with Gasteiger partial charge in [0.2, 0.25) is 5.91 Å². The molecular formula is C22H21N3O4S. The Morgan fingerprint density at radius 3 is 2.27 bits per heavy atom. The van der Waals surface area contributed by atoms with Gasteiger partial charge >= 0.3 is 0 Å². The molecule has 3 aromatic rings. The Bertz CT molecular complexity index is 1160. The minimum absolute atomic E-state index is 0.0977. The molecule has 0 radical (unpaired) electrons. The van der Waals surface area contributed by atoms with Gasteiger partial charge in [-0.3, -0.25) is 9.52 Å². The lowest BCUT2D eigenvalue weighted by atomic mass is 10.2. The summed E-state index contributed by atoms with van der Waals surface area (Å²) in [5.41, 5.74) is 8.54. The Kier molecular flexibility index (Phi) is 6.51. The SMILES string of the molecule is Nc1ccccc1NC(=O)/C=C/c1ccc(NS(=O)(=O)c2ccc(CO)cc2)cc1. The van der Waals surface area contributed by atoms with Gasteiger partial charge in [0.1, 0.15) is 0 Å². The standard InChI is InChI=1S/C22H21N3O4S/c23-20-3-1-2-4-21(20)24-22(27)14-9-16-5-10-18(11-6-16)25-30(28,29)19-12-7-17(15-26)8-13-19/h1-14,25-26H,15,23H2,(H,24,27)/b14-9+. The van der Waals surface area contributed by atoms with E-state index >= 15 is 0 Å². The number of benzene rings is 3. The number of anilines is 3. The maximum atomic E-state index is 12.5. The molecule has 0 aromatic heterocycles. The number of amides is 1. The van der Waals surface area contributed by atoms with E-state index in [1.807, 2.05) is 0 Å². The van der Waals surface area contributed by atoms with Gasteiger partial charge in [0, 0.05) is 11.8 Å². The van der Waals surface area contributed by atoms with Crippen LogP contribution in [0.15, 0.2) is 83.8 Å². The lowest BCUT2D eigenvalue weighted by Crippen LogP contribution is -2.12. The van der Waals surface area contributed by atoms with Crippen LogP contribution in [0.4, 0.5) is 17.1 Å². The van der Waals surface area contributed by atoms with E-state index in [0.29, 0.717) is 22.6 Å². The molecule has 0 unspecified atom stereocenters. The number of hydrogen-bond acceptors (Lipinski definition) is 5. The molecule has 0 aliphatic rings. The van der Waals surface area contributed by atoms with Crippen molar-refractivity contribution in [2.45, 2.75) is 11.5 Å². The zero-order chi connectivity index (χ0) is 21.6. The van der Waals surface area contributed by atoms with E-state index in [1.165, 1.54) is 18.2 Å². The van der Waals surface area contributed by atoms with Crippen molar-refractivity contribution in [1.29, 1.82) is 0 Å². The molecule has 154 valence electrons. The molecule has 7 nitrogen and oxygen atoms in total. The molecule has 0 heterocycles. The molecule has 5 N–H and O–H groups in total. The fourth-order valence-electron chi connectivity index (χ4n) is 2.61. The molecule has 0 saturated heterocycles. The first-order valence-electron chi connectivity index (χ1n) is 9.03. The van der Waals surface area contributed by atoms with E-state index in [4.69, 9.17) is 10.8 Å². The highest BCUT2D eigenvalue weighted by atomic mass is 32.2. The monoisotopic (exact) mass is 423 g/mol. The third kappa shape index (κ3) is 5.47. The Hall–Kier alpha value is -3.62. The normalized spacial score (nSPS) is 11.4. The minimum Gasteiger partial charge on any atom is -0.397 e. The molecule has 0 aliphatic carbocycles. The predicted molar refractivity (Wildman–Crippen MR) is 118 cm³/mol. The first-order chi connectivity index (χ1) is 14.4. The lowest BCUT2D eigenvalue weighted by Gasteiger charge is -2.09. The van der Waals surface area contributed by atoms with Gasteiger partial charge in [-0.1, -0.05) is 36.4 Å². The number of carbonyl (C=O) groups is 1. The van der Waals surface area contributed by atoms with E-state index in [2.05, 4.69) is 10.0 Å². The van der Waals surface area contributed by atoms with Crippen molar-refractivity contribution >= 4 is 39.1 Å². The minimum atomic E-state index is -3.74. The first kappa shape index (κ1) is 21.1. The van der Waals surface area contributed by atoms with Crippen LogP contribution < -0.4 is 15.8 Å². The van der Waals surface area contributed by atoms with E-state index < -0.39 is 10.0 Å². The average Bonchev–Trinajstić information content (AvgIpc) is 2.75. The number of aliphatic hydroxyl groups is 1. The second-order valence-corrected chi connectivity index (χ2v) is 8.12. The van der Waals surface area contributed by atoms with Gasteiger partial charge in [0.05, 0.1) is 22.9 Å². The number of hydrogen-bond donors (Lipinski definition) is 4. The summed E-state index contributed by atoms with van der Waals surface area (Å²) in [6.45, 7) is -0.153. The Labute approximate surface area is 174 Å². The van der Waals surface area contributed by atoms with Crippen molar-refractivity contribution in [1.82, 2.24) is 0 Å². The van der Waals surface area contributed by atoms with Crippen molar-refractivity contribution in [3.05, 3.63) is 90.0 Å². The van der Waals surface area contributed by atoms with Crippen molar-refractivity contribution in [3.8, 4) is 0 Å². The predicted octanol–water partition coefficient (Wildman–Crippen LogP) is 3.21. The number of nitrogens with one attached hydrogen (secondary N) is 2. The molecule has 0 spiro atoms. The van der Waals surface area contributed by atoms with Crippen LogP contribution in [0, 0.1) is 0 Å². The fourth-order valence-corrected chi connectivity index (χ4v) is 3.67. The summed E-state index contributed by atoms with van der Waals surface area (Å²) in [4.78, 5) is 12.1. The molecule has 0 atom stereocenters. The number of sulfonamides is 1. The molecule has 0 fully saturated rings. The van der Waals surface area contributed by atoms with E-state index in [9.17, 15) is 13.2 Å². The summed E-state index contributed by atoms with van der Waals surface area (Å²) in [6.07, 6.45) is 2.98. The Morgan fingerprint density at radius 1 is 0.967 bits per heavy atom. The fraction of sp³-hybridized carbons (Fsp3) is 0.0455. The lowest BCUT2D eigenvalue weighted by molar-refractivity contribution is -0.111.